The van der Waals surface area contributed by atoms with E-state index in [2.05, 4.69) is 14.7 Å². The van der Waals surface area contributed by atoms with Gasteiger partial charge in [0, 0.05) is 39.4 Å². The molecule has 1 aliphatic heterocycles. The normalized spacial score (nSPS) is 16.4. The minimum atomic E-state index is -3.53. The SMILES string of the molecule is Cn1cc(S(=O)(=O)NCc2ccc(CN3CCOCC3)cc2)cn1. The molecule has 2 aromatic rings. The van der Waals surface area contributed by atoms with Gasteiger partial charge >= 0.3 is 0 Å². The number of ether oxygens (including phenoxy) is 1. The summed E-state index contributed by atoms with van der Waals surface area (Å²) in [6.45, 7) is 4.63. The first-order chi connectivity index (χ1) is 11.5. The highest BCUT2D eigenvalue weighted by molar-refractivity contribution is 7.89. The van der Waals surface area contributed by atoms with Gasteiger partial charge in [-0.05, 0) is 11.1 Å². The van der Waals surface area contributed by atoms with Crippen LogP contribution in [-0.4, -0.2) is 49.4 Å². The lowest BCUT2D eigenvalue weighted by atomic mass is 10.1. The molecule has 0 bridgehead atoms. The molecule has 1 N–H and O–H groups in total. The number of morpholine rings is 1. The summed E-state index contributed by atoms with van der Waals surface area (Å²) in [7, 11) is -1.84. The maximum Gasteiger partial charge on any atom is 0.243 e. The molecule has 1 aromatic heterocycles. The number of rotatable bonds is 6. The zero-order valence-electron chi connectivity index (χ0n) is 13.7. The summed E-state index contributed by atoms with van der Waals surface area (Å²) in [5.41, 5.74) is 2.14. The van der Waals surface area contributed by atoms with E-state index < -0.39 is 10.0 Å². The zero-order chi connectivity index (χ0) is 17.0. The summed E-state index contributed by atoms with van der Waals surface area (Å²) in [4.78, 5) is 2.53. The number of hydrogen-bond donors (Lipinski definition) is 1. The van der Waals surface area contributed by atoms with Crippen LogP contribution >= 0.6 is 0 Å². The van der Waals surface area contributed by atoms with Crippen LogP contribution in [0.4, 0.5) is 0 Å². The van der Waals surface area contributed by atoms with Gasteiger partial charge in [-0.25, -0.2) is 13.1 Å². The van der Waals surface area contributed by atoms with Gasteiger partial charge in [0.05, 0.1) is 19.4 Å². The van der Waals surface area contributed by atoms with E-state index >= 15 is 0 Å². The number of nitrogens with one attached hydrogen (secondary N) is 1. The van der Waals surface area contributed by atoms with E-state index in [1.165, 1.54) is 22.6 Å². The Morgan fingerprint density at radius 2 is 1.83 bits per heavy atom. The van der Waals surface area contributed by atoms with E-state index in [9.17, 15) is 8.42 Å². The molecule has 1 aromatic carbocycles. The Morgan fingerprint density at radius 1 is 1.17 bits per heavy atom. The van der Waals surface area contributed by atoms with Crippen molar-refractivity contribution in [2.24, 2.45) is 7.05 Å². The monoisotopic (exact) mass is 350 g/mol. The van der Waals surface area contributed by atoms with Crippen LogP contribution in [0.5, 0.6) is 0 Å². The van der Waals surface area contributed by atoms with Gasteiger partial charge in [-0.2, -0.15) is 5.10 Å². The fourth-order valence-electron chi connectivity index (χ4n) is 2.58. The van der Waals surface area contributed by atoms with Crippen LogP contribution in [0.2, 0.25) is 0 Å². The minimum absolute atomic E-state index is 0.175. The molecule has 8 heteroatoms. The predicted octanol–water partition coefficient (Wildman–Crippen LogP) is 0.731. The molecule has 1 fully saturated rings. The van der Waals surface area contributed by atoms with Gasteiger partial charge in [-0.15, -0.1) is 0 Å². The first-order valence-corrected chi connectivity index (χ1v) is 9.37. The molecule has 1 saturated heterocycles. The second kappa shape index (κ2) is 7.43. The number of aryl methyl sites for hydroxylation is 1. The molecule has 0 spiro atoms. The van der Waals surface area contributed by atoms with Gasteiger partial charge in [0.25, 0.3) is 0 Å². The molecule has 0 radical (unpaired) electrons. The predicted molar refractivity (Wildman–Crippen MR) is 89.8 cm³/mol. The zero-order valence-corrected chi connectivity index (χ0v) is 14.5. The summed E-state index contributed by atoms with van der Waals surface area (Å²) >= 11 is 0. The molecule has 24 heavy (non-hydrogen) atoms. The topological polar surface area (TPSA) is 76.5 Å². The molecule has 130 valence electrons. The van der Waals surface area contributed by atoms with Gasteiger partial charge in [0.15, 0.2) is 0 Å². The molecule has 0 atom stereocenters. The van der Waals surface area contributed by atoms with Gasteiger partial charge in [0.1, 0.15) is 4.90 Å². The van der Waals surface area contributed by atoms with Crippen LogP contribution in [0.1, 0.15) is 11.1 Å². The molecule has 1 aliphatic rings. The van der Waals surface area contributed by atoms with Crippen LogP contribution in [0, 0.1) is 0 Å². The average molecular weight is 350 g/mol. The maximum atomic E-state index is 12.2. The van der Waals surface area contributed by atoms with Crippen molar-refractivity contribution >= 4 is 10.0 Å². The third kappa shape index (κ3) is 4.41. The standard InChI is InChI=1S/C16H22N4O3S/c1-19-13-16(11-17-19)24(21,22)18-10-14-2-4-15(5-3-14)12-20-6-8-23-9-7-20/h2-5,11,13,18H,6-10,12H2,1H3. The lowest BCUT2D eigenvalue weighted by Crippen LogP contribution is -2.35. The number of benzene rings is 1. The molecule has 0 saturated carbocycles. The third-order valence-electron chi connectivity index (χ3n) is 3.99. The van der Waals surface area contributed by atoms with Crippen molar-refractivity contribution in [2.45, 2.75) is 18.0 Å². The lowest BCUT2D eigenvalue weighted by Gasteiger charge is -2.26. The Hall–Kier alpha value is -1.74. The first-order valence-electron chi connectivity index (χ1n) is 7.89. The Balaban J connectivity index is 1.56. The Labute approximate surface area is 142 Å². The van der Waals surface area contributed by atoms with Crippen molar-refractivity contribution in [1.29, 1.82) is 0 Å². The number of sulfonamides is 1. The average Bonchev–Trinajstić information content (AvgIpc) is 3.03. The van der Waals surface area contributed by atoms with Gasteiger partial charge in [0.2, 0.25) is 10.0 Å². The second-order valence-corrected chi connectivity index (χ2v) is 7.65. The summed E-state index contributed by atoms with van der Waals surface area (Å²) in [6.07, 6.45) is 2.82. The highest BCUT2D eigenvalue weighted by atomic mass is 32.2. The molecule has 2 heterocycles. The van der Waals surface area contributed by atoms with E-state index in [0.717, 1.165) is 38.4 Å². The molecule has 0 amide bonds. The number of hydrogen-bond acceptors (Lipinski definition) is 5. The fourth-order valence-corrected chi connectivity index (χ4v) is 3.58. The lowest BCUT2D eigenvalue weighted by molar-refractivity contribution is 0.0342. The van der Waals surface area contributed by atoms with Gasteiger partial charge in [-0.3, -0.25) is 9.58 Å². The van der Waals surface area contributed by atoms with Gasteiger partial charge < -0.3 is 4.74 Å². The van der Waals surface area contributed by atoms with Crippen LogP contribution in [0.15, 0.2) is 41.6 Å². The second-order valence-electron chi connectivity index (χ2n) is 5.88. The molecule has 3 rings (SSSR count). The van der Waals surface area contributed by atoms with Crippen LogP contribution in [0.3, 0.4) is 0 Å². The largest absolute Gasteiger partial charge is 0.379 e. The van der Waals surface area contributed by atoms with Crippen molar-refractivity contribution in [3.05, 3.63) is 47.8 Å². The highest BCUT2D eigenvalue weighted by Crippen LogP contribution is 2.11. The minimum Gasteiger partial charge on any atom is -0.379 e. The first kappa shape index (κ1) is 17.1. The van der Waals surface area contributed by atoms with Crippen molar-refractivity contribution in [2.75, 3.05) is 26.3 Å². The van der Waals surface area contributed by atoms with E-state index in [-0.39, 0.29) is 11.4 Å². The summed E-state index contributed by atoms with van der Waals surface area (Å²) in [5.74, 6) is 0. The Kier molecular flexibility index (Phi) is 5.30. The fraction of sp³-hybridized carbons (Fsp3) is 0.438. The molecular formula is C16H22N4O3S. The van der Waals surface area contributed by atoms with Crippen LogP contribution in [0.25, 0.3) is 0 Å². The number of aromatic nitrogens is 2. The third-order valence-corrected chi connectivity index (χ3v) is 5.35. The number of nitrogens with zero attached hydrogens (tertiary/aromatic N) is 3. The smallest absolute Gasteiger partial charge is 0.243 e. The Morgan fingerprint density at radius 3 is 2.46 bits per heavy atom. The summed E-state index contributed by atoms with van der Waals surface area (Å²) < 4.78 is 33.7. The molecular weight excluding hydrogens is 328 g/mol. The van der Waals surface area contributed by atoms with Crippen molar-refractivity contribution in [1.82, 2.24) is 19.4 Å². The van der Waals surface area contributed by atoms with E-state index in [4.69, 9.17) is 4.74 Å². The Bertz CT molecular complexity index is 765. The van der Waals surface area contributed by atoms with E-state index in [1.54, 1.807) is 7.05 Å². The highest BCUT2D eigenvalue weighted by Gasteiger charge is 2.15. The van der Waals surface area contributed by atoms with Crippen molar-refractivity contribution < 1.29 is 13.2 Å². The van der Waals surface area contributed by atoms with Crippen molar-refractivity contribution in [3.63, 3.8) is 0 Å². The maximum absolute atomic E-state index is 12.2. The van der Waals surface area contributed by atoms with Crippen LogP contribution < -0.4 is 4.72 Å². The quantitative estimate of drug-likeness (QED) is 0.831. The van der Waals surface area contributed by atoms with Gasteiger partial charge in [-0.1, -0.05) is 24.3 Å². The molecule has 0 aliphatic carbocycles. The van der Waals surface area contributed by atoms with E-state index in [1.807, 2.05) is 24.3 Å². The molecule has 0 unspecified atom stereocenters. The van der Waals surface area contributed by atoms with E-state index in [0.29, 0.717) is 0 Å². The van der Waals surface area contributed by atoms with Crippen molar-refractivity contribution in [3.8, 4) is 0 Å². The summed E-state index contributed by atoms with van der Waals surface area (Å²) in [5, 5.41) is 3.89. The summed E-state index contributed by atoms with van der Waals surface area (Å²) in [6, 6.07) is 8.01. The van der Waals surface area contributed by atoms with Crippen LogP contribution in [-0.2, 0) is 34.9 Å². The molecule has 7 nitrogen and oxygen atoms in total.